The van der Waals surface area contributed by atoms with Crippen LogP contribution in [-0.2, 0) is 9.59 Å². The van der Waals surface area contributed by atoms with E-state index in [1.807, 2.05) is 16.3 Å². The van der Waals surface area contributed by atoms with Gasteiger partial charge in [-0.1, -0.05) is 6.07 Å². The number of amides is 1. The Morgan fingerprint density at radius 2 is 2.30 bits per heavy atom. The largest absolute Gasteiger partial charge is 0.480 e. The van der Waals surface area contributed by atoms with E-state index in [0.717, 1.165) is 19.4 Å². The second-order valence-electron chi connectivity index (χ2n) is 5.36. The maximum Gasteiger partial charge on any atom is 0.319 e. The molecule has 1 atom stereocenters. The van der Waals surface area contributed by atoms with Crippen molar-refractivity contribution in [2.75, 3.05) is 12.3 Å². The van der Waals surface area contributed by atoms with Crippen LogP contribution in [0.3, 0.4) is 0 Å². The van der Waals surface area contributed by atoms with Gasteiger partial charge >= 0.3 is 5.97 Å². The Labute approximate surface area is 127 Å². The summed E-state index contributed by atoms with van der Waals surface area (Å²) in [5.74, 6) is -0.618. The average Bonchev–Trinajstić information content (AvgIpc) is 3.05. The minimum absolute atomic E-state index is 0.0419. The fourth-order valence-corrected chi connectivity index (χ4v) is 3.88. The van der Waals surface area contributed by atoms with Crippen LogP contribution in [0.1, 0.15) is 37.6 Å². The minimum Gasteiger partial charge on any atom is -0.480 e. The normalized spacial score (nSPS) is 19.3. The van der Waals surface area contributed by atoms with Crippen LogP contribution in [0, 0.1) is 0 Å². The Balaban J connectivity index is 1.97. The first-order valence-corrected chi connectivity index (χ1v) is 8.48. The number of thiophene rings is 1. The molecule has 1 aliphatic heterocycles. The molecule has 2 rings (SSSR count). The highest BCUT2D eigenvalue weighted by atomic mass is 32.2. The molecule has 1 unspecified atom stereocenters. The summed E-state index contributed by atoms with van der Waals surface area (Å²) >= 11 is 2.87. The van der Waals surface area contributed by atoms with Gasteiger partial charge in [0, 0.05) is 11.4 Å². The maximum absolute atomic E-state index is 12.3. The van der Waals surface area contributed by atoms with Crippen LogP contribution in [0.4, 0.5) is 0 Å². The minimum atomic E-state index is -0.923. The molecule has 1 saturated heterocycles. The molecule has 0 spiro atoms. The zero-order valence-corrected chi connectivity index (χ0v) is 13.3. The maximum atomic E-state index is 12.3. The molecule has 0 radical (unpaired) electrons. The smallest absolute Gasteiger partial charge is 0.319 e. The number of carboxylic acids is 1. The third-order valence-corrected chi connectivity index (χ3v) is 5.78. The summed E-state index contributed by atoms with van der Waals surface area (Å²) in [5.41, 5.74) is 0. The van der Waals surface area contributed by atoms with Crippen molar-refractivity contribution >= 4 is 35.0 Å². The lowest BCUT2D eigenvalue weighted by molar-refractivity contribution is -0.138. The Kier molecular flexibility index (Phi) is 4.75. The van der Waals surface area contributed by atoms with Crippen LogP contribution in [0.5, 0.6) is 0 Å². The topological polar surface area (TPSA) is 57.6 Å². The van der Waals surface area contributed by atoms with Gasteiger partial charge < -0.3 is 10.0 Å². The standard InChI is InChI=1S/C14H19NO3S2/c1-14(2,13(17)18)20-9-12(16)15-7-3-5-10(15)11-6-4-8-19-11/h4,6,8,10H,3,5,7,9H2,1-2H3,(H,17,18). The van der Waals surface area contributed by atoms with Gasteiger partial charge in [-0.05, 0) is 38.1 Å². The van der Waals surface area contributed by atoms with Gasteiger partial charge in [0.2, 0.25) is 5.91 Å². The molecule has 0 bridgehead atoms. The number of likely N-dealkylation sites (tertiary alicyclic amines) is 1. The number of rotatable bonds is 5. The van der Waals surface area contributed by atoms with E-state index in [0.29, 0.717) is 0 Å². The highest BCUT2D eigenvalue weighted by Gasteiger charge is 2.33. The molecular weight excluding hydrogens is 294 g/mol. The Morgan fingerprint density at radius 1 is 1.55 bits per heavy atom. The summed E-state index contributed by atoms with van der Waals surface area (Å²) in [7, 11) is 0. The van der Waals surface area contributed by atoms with Crippen LogP contribution in [0.15, 0.2) is 17.5 Å². The molecule has 4 nitrogen and oxygen atoms in total. The van der Waals surface area contributed by atoms with Gasteiger partial charge in [0.25, 0.3) is 0 Å². The third-order valence-electron chi connectivity index (χ3n) is 3.52. The van der Waals surface area contributed by atoms with Crippen LogP contribution >= 0.6 is 23.1 Å². The third kappa shape index (κ3) is 3.35. The van der Waals surface area contributed by atoms with Gasteiger partial charge in [-0.3, -0.25) is 9.59 Å². The lowest BCUT2D eigenvalue weighted by Crippen LogP contribution is -2.35. The number of hydrogen-bond acceptors (Lipinski definition) is 4. The highest BCUT2D eigenvalue weighted by molar-refractivity contribution is 8.01. The SMILES string of the molecule is CC(C)(SCC(=O)N1CCCC1c1cccs1)C(=O)O. The van der Waals surface area contributed by atoms with Crippen molar-refractivity contribution in [3.8, 4) is 0 Å². The van der Waals surface area contributed by atoms with Crippen molar-refractivity contribution < 1.29 is 14.7 Å². The van der Waals surface area contributed by atoms with Gasteiger partial charge in [-0.2, -0.15) is 0 Å². The second kappa shape index (κ2) is 6.18. The second-order valence-corrected chi connectivity index (χ2v) is 7.94. The molecule has 1 fully saturated rings. The number of nitrogens with zero attached hydrogens (tertiary/aromatic N) is 1. The van der Waals surface area contributed by atoms with Gasteiger partial charge in [0.15, 0.2) is 0 Å². The molecule has 0 aliphatic carbocycles. The molecular formula is C14H19NO3S2. The molecule has 6 heteroatoms. The molecule has 0 saturated carbocycles. The first-order valence-electron chi connectivity index (χ1n) is 6.62. The van der Waals surface area contributed by atoms with E-state index < -0.39 is 10.7 Å². The van der Waals surface area contributed by atoms with E-state index >= 15 is 0 Å². The van der Waals surface area contributed by atoms with E-state index in [9.17, 15) is 9.59 Å². The van der Waals surface area contributed by atoms with Gasteiger partial charge in [-0.25, -0.2) is 0 Å². The molecule has 1 aromatic heterocycles. The Hall–Kier alpha value is -1.01. The molecule has 0 aromatic carbocycles. The molecule has 1 N–H and O–H groups in total. The van der Waals surface area contributed by atoms with Crippen LogP contribution < -0.4 is 0 Å². The quantitative estimate of drug-likeness (QED) is 0.908. The van der Waals surface area contributed by atoms with Crippen molar-refractivity contribution in [1.29, 1.82) is 0 Å². The first kappa shape index (κ1) is 15.4. The van der Waals surface area contributed by atoms with Crippen LogP contribution in [0.25, 0.3) is 0 Å². The number of aliphatic carboxylic acids is 1. The van der Waals surface area contributed by atoms with Gasteiger partial charge in [-0.15, -0.1) is 23.1 Å². The van der Waals surface area contributed by atoms with E-state index in [2.05, 4.69) is 6.07 Å². The number of carbonyl (C=O) groups excluding carboxylic acids is 1. The lowest BCUT2D eigenvalue weighted by Gasteiger charge is -2.25. The predicted molar refractivity (Wildman–Crippen MR) is 82.2 cm³/mol. The molecule has 110 valence electrons. The monoisotopic (exact) mass is 313 g/mol. The zero-order chi connectivity index (χ0) is 14.8. The fraction of sp³-hybridized carbons (Fsp3) is 0.571. The van der Waals surface area contributed by atoms with Crippen molar-refractivity contribution in [3.63, 3.8) is 0 Å². The fourth-order valence-electron chi connectivity index (χ4n) is 2.23. The molecule has 1 aromatic rings. The molecule has 20 heavy (non-hydrogen) atoms. The van der Waals surface area contributed by atoms with Crippen molar-refractivity contribution in [2.24, 2.45) is 0 Å². The highest BCUT2D eigenvalue weighted by Crippen LogP contribution is 2.35. The summed E-state index contributed by atoms with van der Waals surface area (Å²) in [6, 6.07) is 4.24. The number of carbonyl (C=O) groups is 2. The van der Waals surface area contributed by atoms with E-state index in [-0.39, 0.29) is 17.7 Å². The number of carboxylic acid groups (broad SMARTS) is 1. The molecule has 1 aliphatic rings. The van der Waals surface area contributed by atoms with E-state index in [1.165, 1.54) is 16.6 Å². The van der Waals surface area contributed by atoms with E-state index in [1.54, 1.807) is 25.2 Å². The van der Waals surface area contributed by atoms with Crippen LogP contribution in [-0.4, -0.2) is 38.9 Å². The number of hydrogen-bond donors (Lipinski definition) is 1. The Bertz CT molecular complexity index is 485. The van der Waals surface area contributed by atoms with Crippen LogP contribution in [0.2, 0.25) is 0 Å². The Morgan fingerprint density at radius 3 is 2.90 bits per heavy atom. The van der Waals surface area contributed by atoms with Crippen molar-refractivity contribution in [1.82, 2.24) is 4.90 Å². The lowest BCUT2D eigenvalue weighted by atomic mass is 10.2. The predicted octanol–water partition coefficient (Wildman–Crippen LogP) is 3.01. The molecule has 2 heterocycles. The van der Waals surface area contributed by atoms with Crippen molar-refractivity contribution in [3.05, 3.63) is 22.4 Å². The zero-order valence-electron chi connectivity index (χ0n) is 11.7. The summed E-state index contributed by atoms with van der Waals surface area (Å²) in [5, 5.41) is 11.1. The summed E-state index contributed by atoms with van der Waals surface area (Å²) < 4.78 is -0.923. The van der Waals surface area contributed by atoms with Crippen molar-refractivity contribution in [2.45, 2.75) is 37.5 Å². The van der Waals surface area contributed by atoms with Gasteiger partial charge in [0.1, 0.15) is 4.75 Å². The summed E-state index contributed by atoms with van der Waals surface area (Å²) in [6.07, 6.45) is 2.01. The van der Waals surface area contributed by atoms with Gasteiger partial charge in [0.05, 0.1) is 11.8 Å². The summed E-state index contributed by atoms with van der Waals surface area (Å²) in [6.45, 7) is 4.04. The summed E-state index contributed by atoms with van der Waals surface area (Å²) in [4.78, 5) is 26.5. The molecule has 1 amide bonds. The number of thioether (sulfide) groups is 1. The average molecular weight is 313 g/mol. The first-order chi connectivity index (χ1) is 9.42. The van der Waals surface area contributed by atoms with E-state index in [4.69, 9.17) is 5.11 Å².